The second-order valence-electron chi connectivity index (χ2n) is 6.01. The summed E-state index contributed by atoms with van der Waals surface area (Å²) in [6.45, 7) is 7.71. The third-order valence-electron chi connectivity index (χ3n) is 3.99. The molecule has 1 aromatic carbocycles. The molecule has 1 N–H and O–H groups in total. The first-order valence-corrected chi connectivity index (χ1v) is 8.10. The smallest absolute Gasteiger partial charge is 0.130 e. The van der Waals surface area contributed by atoms with Crippen LogP contribution in [0.2, 0.25) is 0 Å². The molecule has 0 saturated carbocycles. The lowest BCUT2D eigenvalue weighted by molar-refractivity contribution is 0.339. The van der Waals surface area contributed by atoms with Gasteiger partial charge in [-0.25, -0.2) is 0 Å². The molecule has 2 aromatic rings. The minimum atomic E-state index is 0.241. The van der Waals surface area contributed by atoms with Gasteiger partial charge in [0.2, 0.25) is 0 Å². The van der Waals surface area contributed by atoms with Gasteiger partial charge in [0, 0.05) is 39.3 Å². The summed E-state index contributed by atoms with van der Waals surface area (Å²) in [6.07, 6.45) is 0. The number of benzene rings is 1. The van der Waals surface area contributed by atoms with Gasteiger partial charge in [-0.2, -0.15) is 5.10 Å². The number of nitrogens with zero attached hydrogens (tertiary/aromatic N) is 3. The van der Waals surface area contributed by atoms with E-state index in [1.165, 1.54) is 11.1 Å². The number of nitrogens with one attached hydrogen (secondary N) is 1. The van der Waals surface area contributed by atoms with E-state index in [9.17, 15) is 0 Å². The molecular formula is C18H28N4O. The summed E-state index contributed by atoms with van der Waals surface area (Å²) in [5.74, 6) is 2.07. The van der Waals surface area contributed by atoms with Crippen LogP contribution in [-0.4, -0.2) is 30.5 Å². The van der Waals surface area contributed by atoms with Gasteiger partial charge < -0.3 is 15.0 Å². The molecule has 0 aliphatic rings. The fourth-order valence-corrected chi connectivity index (χ4v) is 2.87. The van der Waals surface area contributed by atoms with E-state index in [1.54, 1.807) is 0 Å². The molecule has 23 heavy (non-hydrogen) atoms. The number of aromatic nitrogens is 2. The second-order valence-corrected chi connectivity index (χ2v) is 6.01. The van der Waals surface area contributed by atoms with Crippen LogP contribution in [0.4, 0.5) is 5.82 Å². The summed E-state index contributed by atoms with van der Waals surface area (Å²) in [6, 6.07) is 8.51. The SMILES string of the molecule is CCOc1cccc(C(C)NCc2c(C)nn(C)c2N(C)C)c1. The zero-order chi connectivity index (χ0) is 17.0. The molecular weight excluding hydrogens is 288 g/mol. The van der Waals surface area contributed by atoms with Crippen LogP contribution in [0.3, 0.4) is 0 Å². The van der Waals surface area contributed by atoms with Gasteiger partial charge in [0.15, 0.2) is 0 Å². The highest BCUT2D eigenvalue weighted by Gasteiger charge is 2.16. The average Bonchev–Trinajstić information content (AvgIpc) is 2.79. The van der Waals surface area contributed by atoms with E-state index >= 15 is 0 Å². The van der Waals surface area contributed by atoms with Crippen molar-refractivity contribution in [1.29, 1.82) is 0 Å². The first kappa shape index (κ1) is 17.3. The quantitative estimate of drug-likeness (QED) is 0.852. The first-order chi connectivity index (χ1) is 10.9. The molecule has 1 atom stereocenters. The predicted octanol–water partition coefficient (Wildman–Crippen LogP) is 3.04. The highest BCUT2D eigenvalue weighted by Crippen LogP contribution is 2.23. The van der Waals surface area contributed by atoms with Crippen molar-refractivity contribution in [1.82, 2.24) is 15.1 Å². The van der Waals surface area contributed by atoms with E-state index in [-0.39, 0.29) is 6.04 Å². The molecule has 2 rings (SSSR count). The van der Waals surface area contributed by atoms with Crippen molar-refractivity contribution in [3.63, 3.8) is 0 Å². The molecule has 5 heteroatoms. The van der Waals surface area contributed by atoms with Crippen molar-refractivity contribution in [2.75, 3.05) is 25.6 Å². The van der Waals surface area contributed by atoms with Crippen LogP contribution >= 0.6 is 0 Å². The Morgan fingerprint density at radius 3 is 2.74 bits per heavy atom. The van der Waals surface area contributed by atoms with Crippen molar-refractivity contribution in [2.45, 2.75) is 33.4 Å². The minimum absolute atomic E-state index is 0.241. The molecule has 1 aromatic heterocycles. The van der Waals surface area contributed by atoms with Crippen molar-refractivity contribution in [2.24, 2.45) is 7.05 Å². The fraction of sp³-hybridized carbons (Fsp3) is 0.500. The molecule has 0 aliphatic carbocycles. The standard InChI is InChI=1S/C18H28N4O/c1-7-23-16-10-8-9-15(11-16)13(2)19-12-17-14(3)20-22(6)18(17)21(4)5/h8-11,13,19H,7,12H2,1-6H3. The second kappa shape index (κ2) is 7.51. The number of ether oxygens (including phenoxy) is 1. The Morgan fingerprint density at radius 2 is 2.09 bits per heavy atom. The molecule has 0 spiro atoms. The molecule has 0 aliphatic heterocycles. The zero-order valence-electron chi connectivity index (χ0n) is 15.1. The Bertz CT molecular complexity index is 648. The van der Waals surface area contributed by atoms with Gasteiger partial charge in [-0.1, -0.05) is 12.1 Å². The highest BCUT2D eigenvalue weighted by atomic mass is 16.5. The number of anilines is 1. The van der Waals surface area contributed by atoms with Crippen molar-refractivity contribution < 1.29 is 4.74 Å². The fourth-order valence-electron chi connectivity index (χ4n) is 2.87. The van der Waals surface area contributed by atoms with Crippen LogP contribution in [0.5, 0.6) is 5.75 Å². The Hall–Kier alpha value is -2.01. The summed E-state index contributed by atoms with van der Waals surface area (Å²) >= 11 is 0. The van der Waals surface area contributed by atoms with Crippen LogP contribution in [0, 0.1) is 6.92 Å². The van der Waals surface area contributed by atoms with Crippen molar-refractivity contribution in [3.05, 3.63) is 41.1 Å². The van der Waals surface area contributed by atoms with E-state index in [0.29, 0.717) is 6.61 Å². The van der Waals surface area contributed by atoms with Crippen LogP contribution in [0.15, 0.2) is 24.3 Å². The summed E-state index contributed by atoms with van der Waals surface area (Å²) in [4.78, 5) is 2.11. The predicted molar refractivity (Wildman–Crippen MR) is 95.1 cm³/mol. The maximum absolute atomic E-state index is 5.58. The van der Waals surface area contributed by atoms with E-state index < -0.39 is 0 Å². The van der Waals surface area contributed by atoms with Gasteiger partial charge in [-0.3, -0.25) is 4.68 Å². The maximum atomic E-state index is 5.58. The third-order valence-corrected chi connectivity index (χ3v) is 3.99. The van der Waals surface area contributed by atoms with Gasteiger partial charge in [-0.15, -0.1) is 0 Å². The average molecular weight is 316 g/mol. The molecule has 0 saturated heterocycles. The summed E-state index contributed by atoms with van der Waals surface area (Å²) in [5, 5.41) is 8.13. The minimum Gasteiger partial charge on any atom is -0.494 e. The van der Waals surface area contributed by atoms with Crippen molar-refractivity contribution >= 4 is 5.82 Å². The van der Waals surface area contributed by atoms with Gasteiger partial charge in [0.1, 0.15) is 11.6 Å². The number of hydrogen-bond donors (Lipinski definition) is 1. The third kappa shape index (κ3) is 4.05. The summed E-state index contributed by atoms with van der Waals surface area (Å²) < 4.78 is 7.52. The van der Waals surface area contributed by atoms with E-state index in [0.717, 1.165) is 23.8 Å². The van der Waals surface area contributed by atoms with Gasteiger partial charge in [-0.05, 0) is 38.5 Å². The van der Waals surface area contributed by atoms with E-state index in [2.05, 4.69) is 55.4 Å². The first-order valence-electron chi connectivity index (χ1n) is 8.10. The van der Waals surface area contributed by atoms with Gasteiger partial charge in [0.25, 0.3) is 0 Å². The van der Waals surface area contributed by atoms with Crippen LogP contribution in [-0.2, 0) is 13.6 Å². The van der Waals surface area contributed by atoms with Gasteiger partial charge >= 0.3 is 0 Å². The normalized spacial score (nSPS) is 12.3. The lowest BCUT2D eigenvalue weighted by Crippen LogP contribution is -2.21. The van der Waals surface area contributed by atoms with Crippen molar-refractivity contribution in [3.8, 4) is 5.75 Å². The molecule has 0 radical (unpaired) electrons. The largest absolute Gasteiger partial charge is 0.494 e. The number of rotatable bonds is 7. The lowest BCUT2D eigenvalue weighted by atomic mass is 10.1. The molecule has 126 valence electrons. The van der Waals surface area contributed by atoms with E-state index in [1.807, 2.05) is 30.8 Å². The Kier molecular flexibility index (Phi) is 5.66. The van der Waals surface area contributed by atoms with Gasteiger partial charge in [0.05, 0.1) is 12.3 Å². The number of aryl methyl sites for hydroxylation is 2. The maximum Gasteiger partial charge on any atom is 0.130 e. The molecule has 0 bridgehead atoms. The molecule has 0 fully saturated rings. The monoisotopic (exact) mass is 316 g/mol. The van der Waals surface area contributed by atoms with Crippen LogP contribution in [0.1, 0.15) is 36.7 Å². The molecule has 0 amide bonds. The summed E-state index contributed by atoms with van der Waals surface area (Å²) in [7, 11) is 6.09. The topological polar surface area (TPSA) is 42.3 Å². The number of hydrogen-bond acceptors (Lipinski definition) is 4. The molecule has 1 heterocycles. The summed E-state index contributed by atoms with van der Waals surface area (Å²) in [5.41, 5.74) is 3.54. The Morgan fingerprint density at radius 1 is 1.35 bits per heavy atom. The lowest BCUT2D eigenvalue weighted by Gasteiger charge is -2.18. The molecule has 5 nitrogen and oxygen atoms in total. The van der Waals surface area contributed by atoms with E-state index in [4.69, 9.17) is 4.74 Å². The Labute approximate surface area is 139 Å². The van der Waals surface area contributed by atoms with Crippen LogP contribution in [0.25, 0.3) is 0 Å². The highest BCUT2D eigenvalue weighted by molar-refractivity contribution is 5.49. The molecule has 1 unspecified atom stereocenters. The van der Waals surface area contributed by atoms with Crippen LogP contribution < -0.4 is 15.0 Å². The Balaban J connectivity index is 2.10. The zero-order valence-corrected chi connectivity index (χ0v) is 15.1.